The van der Waals surface area contributed by atoms with Gasteiger partial charge in [-0.2, -0.15) is 0 Å². The number of alkyl halides is 1. The topological polar surface area (TPSA) is 78.5 Å². The maximum atomic E-state index is 12.1. The van der Waals surface area contributed by atoms with E-state index >= 15 is 0 Å². The summed E-state index contributed by atoms with van der Waals surface area (Å²) in [5.74, 6) is -1.32. The van der Waals surface area contributed by atoms with Crippen molar-refractivity contribution in [2.75, 3.05) is 24.3 Å². The van der Waals surface area contributed by atoms with Gasteiger partial charge in [0.15, 0.2) is 0 Å². The summed E-state index contributed by atoms with van der Waals surface area (Å²) in [7, 11) is 0. The van der Waals surface area contributed by atoms with Gasteiger partial charge in [-0.1, -0.05) is 17.7 Å². The Labute approximate surface area is 137 Å². The minimum Gasteiger partial charge on any atom is -0.353 e. The lowest BCUT2D eigenvalue weighted by Crippen LogP contribution is -2.58. The Hall–Kier alpha value is -1.79. The highest BCUT2D eigenvalue weighted by atomic mass is 35.5. The zero-order chi connectivity index (χ0) is 16.1. The van der Waals surface area contributed by atoms with Gasteiger partial charge in [-0.3, -0.25) is 14.4 Å². The molecular formula is C14H15Cl2N3O3. The molecule has 2 N–H and O–H groups in total. The molecule has 0 bridgehead atoms. The molecule has 1 aromatic rings. The molecule has 118 valence electrons. The zero-order valence-corrected chi connectivity index (χ0v) is 13.2. The van der Waals surface area contributed by atoms with E-state index in [9.17, 15) is 14.4 Å². The Morgan fingerprint density at radius 3 is 2.86 bits per heavy atom. The quantitative estimate of drug-likeness (QED) is 0.807. The smallest absolute Gasteiger partial charge is 0.243 e. The average molecular weight is 344 g/mol. The van der Waals surface area contributed by atoms with E-state index in [1.54, 1.807) is 24.3 Å². The Balaban J connectivity index is 2.04. The third kappa shape index (κ3) is 4.11. The highest BCUT2D eigenvalue weighted by Crippen LogP contribution is 2.16. The van der Waals surface area contributed by atoms with E-state index in [4.69, 9.17) is 23.2 Å². The fourth-order valence-electron chi connectivity index (χ4n) is 2.25. The van der Waals surface area contributed by atoms with Crippen LogP contribution in [0.25, 0.3) is 0 Å². The van der Waals surface area contributed by atoms with Crippen LogP contribution in [0.4, 0.5) is 5.69 Å². The highest BCUT2D eigenvalue weighted by molar-refractivity contribution is 6.31. The summed E-state index contributed by atoms with van der Waals surface area (Å²) in [6.07, 6.45) is -0.138. The molecule has 0 radical (unpaired) electrons. The molecule has 22 heavy (non-hydrogen) atoms. The zero-order valence-electron chi connectivity index (χ0n) is 11.6. The first-order valence-corrected chi connectivity index (χ1v) is 7.61. The van der Waals surface area contributed by atoms with Crippen LogP contribution in [0.2, 0.25) is 5.02 Å². The molecule has 0 saturated carbocycles. The summed E-state index contributed by atoms with van der Waals surface area (Å²) in [4.78, 5) is 37.1. The van der Waals surface area contributed by atoms with Gasteiger partial charge in [-0.25, -0.2) is 0 Å². The van der Waals surface area contributed by atoms with Gasteiger partial charge in [0.1, 0.15) is 11.9 Å². The molecule has 1 aromatic carbocycles. The molecule has 1 saturated heterocycles. The molecular weight excluding hydrogens is 329 g/mol. The summed E-state index contributed by atoms with van der Waals surface area (Å²) >= 11 is 11.4. The number of halogens is 2. The number of rotatable bonds is 4. The van der Waals surface area contributed by atoms with Crippen LogP contribution in [0.1, 0.15) is 6.42 Å². The molecule has 1 aliphatic heterocycles. The summed E-state index contributed by atoms with van der Waals surface area (Å²) in [6.45, 7) is 0.695. The lowest BCUT2D eigenvalue weighted by atomic mass is 10.1. The summed E-state index contributed by atoms with van der Waals surface area (Å²) in [6, 6.07) is 5.83. The standard InChI is InChI=1S/C14H15Cl2N3O3/c15-8-13(21)19-5-4-17-14(22)11(19)7-12(20)18-10-3-1-2-9(16)6-10/h1-3,6,11H,4-5,7-8H2,(H,17,22)(H,18,20)/t11-/m0/s1. The molecule has 1 heterocycles. The maximum absolute atomic E-state index is 12.1. The fraction of sp³-hybridized carbons (Fsp3) is 0.357. The largest absolute Gasteiger partial charge is 0.353 e. The number of anilines is 1. The number of hydrogen-bond acceptors (Lipinski definition) is 3. The van der Waals surface area contributed by atoms with E-state index in [0.29, 0.717) is 23.8 Å². The van der Waals surface area contributed by atoms with E-state index in [0.717, 1.165) is 0 Å². The average Bonchev–Trinajstić information content (AvgIpc) is 2.48. The summed E-state index contributed by atoms with van der Waals surface area (Å²) in [5.41, 5.74) is 0.531. The van der Waals surface area contributed by atoms with Crippen molar-refractivity contribution in [1.82, 2.24) is 10.2 Å². The number of carbonyl (C=O) groups is 3. The van der Waals surface area contributed by atoms with E-state index in [-0.39, 0.29) is 30.0 Å². The number of amides is 3. The van der Waals surface area contributed by atoms with Crippen LogP contribution in [0.15, 0.2) is 24.3 Å². The molecule has 2 rings (SSSR count). The van der Waals surface area contributed by atoms with E-state index < -0.39 is 6.04 Å². The highest BCUT2D eigenvalue weighted by Gasteiger charge is 2.34. The number of benzene rings is 1. The number of carbonyl (C=O) groups excluding carboxylic acids is 3. The van der Waals surface area contributed by atoms with E-state index in [2.05, 4.69) is 10.6 Å². The third-order valence-electron chi connectivity index (χ3n) is 3.25. The van der Waals surface area contributed by atoms with E-state index in [1.807, 2.05) is 0 Å². The monoisotopic (exact) mass is 343 g/mol. The van der Waals surface area contributed by atoms with Crippen LogP contribution in [0.3, 0.4) is 0 Å². The normalized spacial score (nSPS) is 17.8. The number of piperazine rings is 1. The Morgan fingerprint density at radius 2 is 2.18 bits per heavy atom. The first-order chi connectivity index (χ1) is 10.5. The van der Waals surface area contributed by atoms with Crippen molar-refractivity contribution in [2.24, 2.45) is 0 Å². The van der Waals surface area contributed by atoms with Gasteiger partial charge in [0.2, 0.25) is 17.7 Å². The van der Waals surface area contributed by atoms with Crippen molar-refractivity contribution >= 4 is 46.6 Å². The van der Waals surface area contributed by atoms with Crippen LogP contribution < -0.4 is 10.6 Å². The van der Waals surface area contributed by atoms with Gasteiger partial charge in [0.05, 0.1) is 6.42 Å². The number of nitrogens with zero attached hydrogens (tertiary/aromatic N) is 1. The van der Waals surface area contributed by atoms with Crippen molar-refractivity contribution in [3.63, 3.8) is 0 Å². The summed E-state index contributed by atoms with van der Waals surface area (Å²) in [5, 5.41) is 5.79. The molecule has 6 nitrogen and oxygen atoms in total. The van der Waals surface area contributed by atoms with Gasteiger partial charge in [0, 0.05) is 23.8 Å². The molecule has 1 fully saturated rings. The van der Waals surface area contributed by atoms with Crippen molar-refractivity contribution in [3.8, 4) is 0 Å². The van der Waals surface area contributed by atoms with Crippen molar-refractivity contribution in [3.05, 3.63) is 29.3 Å². The van der Waals surface area contributed by atoms with Gasteiger partial charge in [-0.05, 0) is 18.2 Å². The first kappa shape index (κ1) is 16.6. The Morgan fingerprint density at radius 1 is 1.41 bits per heavy atom. The number of nitrogens with one attached hydrogen (secondary N) is 2. The summed E-state index contributed by atoms with van der Waals surface area (Å²) < 4.78 is 0. The van der Waals surface area contributed by atoms with Crippen molar-refractivity contribution < 1.29 is 14.4 Å². The maximum Gasteiger partial charge on any atom is 0.243 e. The lowest BCUT2D eigenvalue weighted by Gasteiger charge is -2.34. The van der Waals surface area contributed by atoms with Gasteiger partial charge in [0.25, 0.3) is 0 Å². The second-order valence-corrected chi connectivity index (χ2v) is 5.49. The third-order valence-corrected chi connectivity index (χ3v) is 3.72. The van der Waals surface area contributed by atoms with E-state index in [1.165, 1.54) is 4.90 Å². The SMILES string of the molecule is O=C(C[C@H]1C(=O)NCCN1C(=O)CCl)Nc1cccc(Cl)c1. The second-order valence-electron chi connectivity index (χ2n) is 4.79. The molecule has 1 aliphatic rings. The minimum absolute atomic E-state index is 0.138. The predicted octanol–water partition coefficient (Wildman–Crippen LogP) is 1.23. The number of hydrogen-bond donors (Lipinski definition) is 2. The van der Waals surface area contributed by atoms with Crippen molar-refractivity contribution in [1.29, 1.82) is 0 Å². The molecule has 0 spiro atoms. The van der Waals surface area contributed by atoms with Crippen LogP contribution in [-0.4, -0.2) is 47.6 Å². The predicted molar refractivity (Wildman–Crippen MR) is 83.9 cm³/mol. The molecule has 8 heteroatoms. The van der Waals surface area contributed by atoms with Crippen LogP contribution in [-0.2, 0) is 14.4 Å². The van der Waals surface area contributed by atoms with Crippen molar-refractivity contribution in [2.45, 2.75) is 12.5 Å². The molecule has 0 aliphatic carbocycles. The Kier molecular flexibility index (Phi) is 5.63. The second kappa shape index (κ2) is 7.47. The lowest BCUT2D eigenvalue weighted by molar-refractivity contribution is -0.143. The molecule has 1 atom stereocenters. The molecule has 3 amide bonds. The minimum atomic E-state index is -0.848. The van der Waals surface area contributed by atoms with Crippen LogP contribution >= 0.6 is 23.2 Å². The Bertz CT molecular complexity index is 594. The van der Waals surface area contributed by atoms with Gasteiger partial charge < -0.3 is 15.5 Å². The van der Waals surface area contributed by atoms with Gasteiger partial charge >= 0.3 is 0 Å². The fourth-order valence-corrected chi connectivity index (χ4v) is 2.59. The molecule has 0 unspecified atom stereocenters. The molecule has 0 aromatic heterocycles. The van der Waals surface area contributed by atoms with Gasteiger partial charge in [-0.15, -0.1) is 11.6 Å². The first-order valence-electron chi connectivity index (χ1n) is 6.70. The van der Waals surface area contributed by atoms with Crippen LogP contribution in [0, 0.1) is 0 Å². The van der Waals surface area contributed by atoms with Crippen LogP contribution in [0.5, 0.6) is 0 Å².